The Kier molecular flexibility index (Phi) is 6.94. The number of nitrogens with zero attached hydrogens (tertiary/aromatic N) is 4. The molecule has 39 heavy (non-hydrogen) atoms. The number of halogens is 6. The molecule has 0 aliphatic carbocycles. The zero-order valence-electron chi connectivity index (χ0n) is 20.2. The van der Waals surface area contributed by atoms with Gasteiger partial charge >= 0.3 is 12.4 Å². The molecule has 0 spiro atoms. The molecule has 0 aliphatic rings. The first-order chi connectivity index (χ1) is 18.6. The quantitative estimate of drug-likeness (QED) is 0.208. The highest BCUT2D eigenvalue weighted by Crippen LogP contribution is 2.37. The molecule has 0 saturated carbocycles. The molecule has 5 aromatic rings. The van der Waals surface area contributed by atoms with Gasteiger partial charge in [0.25, 0.3) is 0 Å². The van der Waals surface area contributed by atoms with E-state index in [1.54, 1.807) is 41.2 Å². The summed E-state index contributed by atoms with van der Waals surface area (Å²) in [5.41, 5.74) is 0.352. The molecule has 0 atom stereocenters. The molecule has 2 heterocycles. The number of hydrogen-bond acceptors (Lipinski definition) is 3. The maximum atomic E-state index is 13.5. The molecule has 0 aliphatic heterocycles. The predicted molar refractivity (Wildman–Crippen MR) is 133 cm³/mol. The lowest BCUT2D eigenvalue weighted by Gasteiger charge is -2.16. The molecule has 0 bridgehead atoms. The van der Waals surface area contributed by atoms with Crippen LogP contribution in [0.4, 0.5) is 26.3 Å². The van der Waals surface area contributed by atoms with E-state index in [0.29, 0.717) is 11.4 Å². The Morgan fingerprint density at radius 3 is 1.85 bits per heavy atom. The molecule has 10 heteroatoms. The van der Waals surface area contributed by atoms with Crippen molar-refractivity contribution in [3.63, 3.8) is 0 Å². The van der Waals surface area contributed by atoms with Crippen LogP contribution in [0.25, 0.3) is 22.5 Å². The number of aromatic nitrogens is 4. The summed E-state index contributed by atoms with van der Waals surface area (Å²) in [5.74, 6) is 0.639. The van der Waals surface area contributed by atoms with Crippen LogP contribution < -0.4 is 0 Å². The van der Waals surface area contributed by atoms with E-state index >= 15 is 0 Å². The minimum absolute atomic E-state index is 0.116. The van der Waals surface area contributed by atoms with Gasteiger partial charge in [0.2, 0.25) is 0 Å². The molecule has 0 saturated heterocycles. The highest BCUT2D eigenvalue weighted by molar-refractivity contribution is 5.67. The lowest BCUT2D eigenvalue weighted by molar-refractivity contribution is -0.143. The summed E-state index contributed by atoms with van der Waals surface area (Å²) in [7, 11) is 0. The molecule has 0 amide bonds. The van der Waals surface area contributed by atoms with Crippen molar-refractivity contribution in [2.45, 2.75) is 25.3 Å². The van der Waals surface area contributed by atoms with Crippen LogP contribution in [-0.4, -0.2) is 19.7 Å². The van der Waals surface area contributed by atoms with Gasteiger partial charge in [0.05, 0.1) is 17.7 Å². The fraction of sp³-hybridized carbons (Fsp3) is 0.138. The van der Waals surface area contributed by atoms with E-state index in [1.807, 2.05) is 42.5 Å². The Morgan fingerprint density at radius 1 is 0.667 bits per heavy atom. The number of alkyl halides is 6. The number of pyridine rings is 1. The van der Waals surface area contributed by atoms with E-state index in [1.165, 1.54) is 0 Å². The minimum Gasteiger partial charge on any atom is -0.306 e. The lowest BCUT2D eigenvalue weighted by atomic mass is 10.0. The first-order valence-corrected chi connectivity index (χ1v) is 11.8. The number of benzene rings is 3. The summed E-state index contributed by atoms with van der Waals surface area (Å²) >= 11 is 0. The third-order valence-corrected chi connectivity index (χ3v) is 6.19. The highest BCUT2D eigenvalue weighted by Gasteiger charge is 2.37. The van der Waals surface area contributed by atoms with E-state index in [2.05, 4.69) is 15.2 Å². The molecule has 2 aromatic heterocycles. The van der Waals surface area contributed by atoms with Crippen LogP contribution in [0.5, 0.6) is 0 Å². The van der Waals surface area contributed by atoms with Gasteiger partial charge in [0.15, 0.2) is 5.82 Å². The van der Waals surface area contributed by atoms with E-state index in [-0.39, 0.29) is 30.4 Å². The lowest BCUT2D eigenvalue weighted by Crippen LogP contribution is -2.13. The maximum absolute atomic E-state index is 13.5. The Hall–Kier alpha value is -4.47. The standard InChI is InChI=1S/C29H20F6N4/c30-28(31,32)23-13-19(14-24(16-23)29(33,34)35)15-26-37-38-27(21-9-5-2-6-10-21)39(26)18-22-17-36-12-11-25(22)20-7-3-1-4-8-20/h1-14,16-17H,15,18H2. The summed E-state index contributed by atoms with van der Waals surface area (Å²) in [4.78, 5) is 4.24. The van der Waals surface area contributed by atoms with Gasteiger partial charge in [-0.15, -0.1) is 10.2 Å². The second-order valence-electron chi connectivity index (χ2n) is 8.88. The van der Waals surface area contributed by atoms with Crippen molar-refractivity contribution in [1.29, 1.82) is 0 Å². The van der Waals surface area contributed by atoms with Crippen LogP contribution in [0.3, 0.4) is 0 Å². The molecular formula is C29H20F6N4. The molecule has 5 rings (SSSR count). The van der Waals surface area contributed by atoms with E-state index in [0.717, 1.165) is 28.8 Å². The van der Waals surface area contributed by atoms with Gasteiger partial charge in [0.1, 0.15) is 5.82 Å². The first kappa shape index (κ1) is 26.1. The van der Waals surface area contributed by atoms with Gasteiger partial charge in [-0.3, -0.25) is 4.98 Å². The molecule has 0 radical (unpaired) electrons. The van der Waals surface area contributed by atoms with E-state index in [9.17, 15) is 26.3 Å². The highest BCUT2D eigenvalue weighted by atomic mass is 19.4. The molecule has 0 N–H and O–H groups in total. The molecule has 4 nitrogen and oxygen atoms in total. The van der Waals surface area contributed by atoms with Crippen molar-refractivity contribution in [3.05, 3.63) is 125 Å². The monoisotopic (exact) mass is 538 g/mol. The average Bonchev–Trinajstić information content (AvgIpc) is 3.30. The van der Waals surface area contributed by atoms with Crippen LogP contribution in [-0.2, 0) is 25.3 Å². The van der Waals surface area contributed by atoms with Crippen molar-refractivity contribution < 1.29 is 26.3 Å². The van der Waals surface area contributed by atoms with Gasteiger partial charge in [-0.2, -0.15) is 26.3 Å². The maximum Gasteiger partial charge on any atom is 0.416 e. The Morgan fingerprint density at radius 2 is 1.26 bits per heavy atom. The molecule has 0 unspecified atom stereocenters. The van der Waals surface area contributed by atoms with Gasteiger partial charge in [-0.1, -0.05) is 60.7 Å². The minimum atomic E-state index is -4.95. The zero-order chi connectivity index (χ0) is 27.6. The van der Waals surface area contributed by atoms with Crippen molar-refractivity contribution in [3.8, 4) is 22.5 Å². The number of hydrogen-bond donors (Lipinski definition) is 0. The van der Waals surface area contributed by atoms with Gasteiger partial charge in [0, 0.05) is 24.4 Å². The van der Waals surface area contributed by atoms with Gasteiger partial charge in [-0.25, -0.2) is 0 Å². The Labute approximate surface area is 219 Å². The van der Waals surface area contributed by atoms with Crippen molar-refractivity contribution in [2.75, 3.05) is 0 Å². The fourth-order valence-corrected chi connectivity index (χ4v) is 4.36. The predicted octanol–water partition coefficient (Wildman–Crippen LogP) is 7.68. The molecule has 3 aromatic carbocycles. The van der Waals surface area contributed by atoms with Crippen molar-refractivity contribution in [2.24, 2.45) is 0 Å². The number of rotatable bonds is 6. The summed E-state index contributed by atoms with van der Waals surface area (Å²) in [6.07, 6.45) is -6.86. The summed E-state index contributed by atoms with van der Waals surface area (Å²) in [6, 6.07) is 22.0. The normalized spacial score (nSPS) is 12.1. The largest absolute Gasteiger partial charge is 0.416 e. The smallest absolute Gasteiger partial charge is 0.306 e. The van der Waals surface area contributed by atoms with Crippen molar-refractivity contribution in [1.82, 2.24) is 19.7 Å². The third-order valence-electron chi connectivity index (χ3n) is 6.19. The van der Waals surface area contributed by atoms with E-state index in [4.69, 9.17) is 0 Å². The first-order valence-electron chi connectivity index (χ1n) is 11.8. The Bertz CT molecular complexity index is 1540. The molecule has 198 valence electrons. The fourth-order valence-electron chi connectivity index (χ4n) is 4.36. The summed E-state index contributed by atoms with van der Waals surface area (Å²) in [5, 5.41) is 8.47. The van der Waals surface area contributed by atoms with Crippen LogP contribution >= 0.6 is 0 Å². The summed E-state index contributed by atoms with van der Waals surface area (Å²) < 4.78 is 82.5. The van der Waals surface area contributed by atoms with Crippen LogP contribution in [0.15, 0.2) is 97.3 Å². The third kappa shape index (κ3) is 5.84. The van der Waals surface area contributed by atoms with Crippen LogP contribution in [0, 0.1) is 0 Å². The summed E-state index contributed by atoms with van der Waals surface area (Å²) in [6.45, 7) is 0.190. The zero-order valence-corrected chi connectivity index (χ0v) is 20.2. The van der Waals surface area contributed by atoms with Gasteiger partial charge < -0.3 is 4.57 Å². The SMILES string of the molecule is FC(F)(F)c1cc(Cc2nnc(-c3ccccc3)n2Cc2cnccc2-c2ccccc2)cc(C(F)(F)F)c1. The second kappa shape index (κ2) is 10.4. The van der Waals surface area contributed by atoms with E-state index < -0.39 is 23.5 Å². The van der Waals surface area contributed by atoms with Gasteiger partial charge in [-0.05, 0) is 46.5 Å². The van der Waals surface area contributed by atoms with Crippen LogP contribution in [0.1, 0.15) is 28.1 Å². The van der Waals surface area contributed by atoms with Crippen LogP contribution in [0.2, 0.25) is 0 Å². The molecule has 0 fully saturated rings. The average molecular weight is 538 g/mol. The molecular weight excluding hydrogens is 518 g/mol. The topological polar surface area (TPSA) is 43.6 Å². The van der Waals surface area contributed by atoms with Crippen molar-refractivity contribution >= 4 is 0 Å². The Balaban J connectivity index is 1.61. The second-order valence-corrected chi connectivity index (χ2v) is 8.88.